The smallest absolute Gasteiger partial charge is 0.271 e. The summed E-state index contributed by atoms with van der Waals surface area (Å²) >= 11 is 3.48. The first-order valence-electron chi connectivity index (χ1n) is 7.52. The molecule has 0 saturated carbocycles. The molecule has 24 heavy (non-hydrogen) atoms. The summed E-state index contributed by atoms with van der Waals surface area (Å²) in [5.74, 6) is -3.03. The Balaban J connectivity index is 1.99. The monoisotopic (exact) mass is 389 g/mol. The Hall–Kier alpha value is -2.08. The quantitative estimate of drug-likeness (QED) is 0.586. The second-order valence-corrected chi connectivity index (χ2v) is 7.23. The van der Waals surface area contributed by atoms with Gasteiger partial charge < -0.3 is 0 Å². The zero-order valence-corrected chi connectivity index (χ0v) is 14.7. The lowest BCUT2D eigenvalue weighted by Gasteiger charge is -2.37. The predicted octanol–water partition coefficient (Wildman–Crippen LogP) is 4.82. The standard InChI is InChI=1S/C18H14BrF2N3/c1-17(2)18(20,21)13-6-4-3-5-12(13)16(23-17)11-9-15-14(19)7-8-24(15)22-10-11/h3-10H,1-2H3. The van der Waals surface area contributed by atoms with Gasteiger partial charge in [-0.25, -0.2) is 4.52 Å². The van der Waals surface area contributed by atoms with Gasteiger partial charge in [0.1, 0.15) is 5.54 Å². The molecule has 3 aromatic rings. The highest BCUT2D eigenvalue weighted by molar-refractivity contribution is 9.10. The fourth-order valence-electron chi connectivity index (χ4n) is 3.01. The Morgan fingerprint density at radius 3 is 2.67 bits per heavy atom. The van der Waals surface area contributed by atoms with Gasteiger partial charge in [-0.15, -0.1) is 0 Å². The van der Waals surface area contributed by atoms with Crippen LogP contribution < -0.4 is 0 Å². The van der Waals surface area contributed by atoms with Gasteiger partial charge in [0.15, 0.2) is 0 Å². The summed E-state index contributed by atoms with van der Waals surface area (Å²) in [6.45, 7) is 2.92. The van der Waals surface area contributed by atoms with Gasteiger partial charge in [-0.05, 0) is 41.9 Å². The molecule has 0 saturated heterocycles. The first-order valence-corrected chi connectivity index (χ1v) is 8.31. The highest BCUT2D eigenvalue weighted by atomic mass is 79.9. The average Bonchev–Trinajstić information content (AvgIpc) is 2.92. The van der Waals surface area contributed by atoms with Gasteiger partial charge in [-0.2, -0.15) is 13.9 Å². The minimum Gasteiger partial charge on any atom is -0.271 e. The lowest BCUT2D eigenvalue weighted by Crippen LogP contribution is -2.44. The number of rotatable bonds is 1. The average molecular weight is 390 g/mol. The third kappa shape index (κ3) is 2.05. The molecule has 0 spiro atoms. The summed E-state index contributed by atoms with van der Waals surface area (Å²) in [6.07, 6.45) is 3.49. The van der Waals surface area contributed by atoms with Gasteiger partial charge in [-0.1, -0.05) is 24.3 Å². The van der Waals surface area contributed by atoms with E-state index in [4.69, 9.17) is 0 Å². The number of halogens is 3. The fourth-order valence-corrected chi connectivity index (χ4v) is 3.42. The molecule has 2 aromatic heterocycles. The molecule has 0 unspecified atom stereocenters. The highest BCUT2D eigenvalue weighted by Gasteiger charge is 2.52. The maximum absolute atomic E-state index is 14.8. The lowest BCUT2D eigenvalue weighted by atomic mass is 9.82. The van der Waals surface area contributed by atoms with Crippen molar-refractivity contribution in [3.63, 3.8) is 0 Å². The summed E-state index contributed by atoms with van der Waals surface area (Å²) in [7, 11) is 0. The molecule has 0 N–H and O–H groups in total. The van der Waals surface area contributed by atoms with Crippen LogP contribution in [0.15, 0.2) is 58.3 Å². The van der Waals surface area contributed by atoms with Crippen molar-refractivity contribution in [3.05, 3.63) is 70.0 Å². The predicted molar refractivity (Wildman–Crippen MR) is 92.9 cm³/mol. The Morgan fingerprint density at radius 2 is 1.88 bits per heavy atom. The summed E-state index contributed by atoms with van der Waals surface area (Å²) in [5.41, 5.74) is 1.07. The number of alkyl halides is 2. The molecule has 3 nitrogen and oxygen atoms in total. The van der Waals surface area contributed by atoms with Crippen molar-refractivity contribution in [2.24, 2.45) is 4.99 Å². The van der Waals surface area contributed by atoms with Gasteiger partial charge in [-0.3, -0.25) is 4.99 Å². The number of nitrogens with zero attached hydrogens (tertiary/aromatic N) is 3. The number of hydrogen-bond donors (Lipinski definition) is 0. The van der Waals surface area contributed by atoms with Crippen LogP contribution in [0.4, 0.5) is 8.78 Å². The van der Waals surface area contributed by atoms with Crippen molar-refractivity contribution in [2.75, 3.05) is 0 Å². The SMILES string of the molecule is CC1(C)N=C(c2cnn3ccc(Br)c3c2)c2ccccc2C1(F)F. The molecule has 122 valence electrons. The molecular weight excluding hydrogens is 376 g/mol. The summed E-state index contributed by atoms with van der Waals surface area (Å²) in [5, 5.41) is 4.35. The van der Waals surface area contributed by atoms with E-state index in [1.807, 2.05) is 18.3 Å². The number of aliphatic imine (C=N–C) groups is 1. The highest BCUT2D eigenvalue weighted by Crippen LogP contribution is 2.46. The molecular formula is C18H14BrF2N3. The summed E-state index contributed by atoms with van der Waals surface area (Å²) in [4.78, 5) is 4.40. The number of hydrogen-bond acceptors (Lipinski definition) is 2. The van der Waals surface area contributed by atoms with Crippen molar-refractivity contribution >= 4 is 27.2 Å². The molecule has 0 atom stereocenters. The van der Waals surface area contributed by atoms with Crippen molar-refractivity contribution < 1.29 is 8.78 Å². The van der Waals surface area contributed by atoms with Gasteiger partial charge >= 0.3 is 0 Å². The van der Waals surface area contributed by atoms with Gasteiger partial charge in [0.2, 0.25) is 0 Å². The van der Waals surface area contributed by atoms with E-state index in [1.54, 1.807) is 28.9 Å². The van der Waals surface area contributed by atoms with E-state index in [0.717, 1.165) is 15.6 Å². The molecule has 0 aliphatic carbocycles. The molecule has 3 heterocycles. The first kappa shape index (κ1) is 15.4. The van der Waals surface area contributed by atoms with Gasteiger partial charge in [0, 0.05) is 27.4 Å². The largest absolute Gasteiger partial charge is 0.297 e. The fraction of sp³-hybridized carbons (Fsp3) is 0.222. The molecule has 6 heteroatoms. The van der Waals surface area contributed by atoms with Crippen LogP contribution in [0.3, 0.4) is 0 Å². The second-order valence-electron chi connectivity index (χ2n) is 6.38. The Bertz CT molecular complexity index is 989. The number of aromatic nitrogens is 2. The van der Waals surface area contributed by atoms with Crippen molar-refractivity contribution in [3.8, 4) is 0 Å². The van der Waals surface area contributed by atoms with Crippen molar-refractivity contribution in [2.45, 2.75) is 25.3 Å². The maximum atomic E-state index is 14.8. The van der Waals surface area contributed by atoms with Crippen LogP contribution in [-0.4, -0.2) is 20.9 Å². The molecule has 0 bridgehead atoms. The molecule has 1 aliphatic rings. The van der Waals surface area contributed by atoms with Crippen LogP contribution in [0.1, 0.15) is 30.5 Å². The Kier molecular flexibility index (Phi) is 3.19. The van der Waals surface area contributed by atoms with E-state index in [9.17, 15) is 8.78 Å². The first-order chi connectivity index (χ1) is 11.3. The van der Waals surface area contributed by atoms with Crippen LogP contribution in [-0.2, 0) is 5.92 Å². The second kappa shape index (κ2) is 4.96. The van der Waals surface area contributed by atoms with Crippen LogP contribution in [0.5, 0.6) is 0 Å². The van der Waals surface area contributed by atoms with Crippen LogP contribution in [0.25, 0.3) is 5.52 Å². The van der Waals surface area contributed by atoms with E-state index >= 15 is 0 Å². The number of fused-ring (bicyclic) bond motifs is 2. The Labute approximate surface area is 146 Å². The summed E-state index contributed by atoms with van der Waals surface area (Å²) in [6, 6.07) is 10.4. The van der Waals surface area contributed by atoms with E-state index in [0.29, 0.717) is 11.3 Å². The van der Waals surface area contributed by atoms with Crippen molar-refractivity contribution in [1.29, 1.82) is 0 Å². The minimum absolute atomic E-state index is 0.00863. The molecule has 4 rings (SSSR count). The van der Waals surface area contributed by atoms with E-state index in [2.05, 4.69) is 26.0 Å². The molecule has 1 aliphatic heterocycles. The topological polar surface area (TPSA) is 29.7 Å². The van der Waals surface area contributed by atoms with Crippen LogP contribution in [0, 0.1) is 0 Å². The van der Waals surface area contributed by atoms with E-state index in [-0.39, 0.29) is 5.56 Å². The number of benzene rings is 1. The molecule has 0 fully saturated rings. The summed E-state index contributed by atoms with van der Waals surface area (Å²) < 4.78 is 32.2. The molecule has 1 aromatic carbocycles. The molecule has 0 radical (unpaired) electrons. The van der Waals surface area contributed by atoms with Gasteiger partial charge in [0.25, 0.3) is 5.92 Å². The minimum atomic E-state index is -3.03. The molecule has 0 amide bonds. The van der Waals surface area contributed by atoms with Crippen molar-refractivity contribution in [1.82, 2.24) is 9.61 Å². The van der Waals surface area contributed by atoms with Crippen LogP contribution in [0.2, 0.25) is 0 Å². The Morgan fingerprint density at radius 1 is 1.12 bits per heavy atom. The van der Waals surface area contributed by atoms with E-state index < -0.39 is 11.5 Å². The zero-order valence-electron chi connectivity index (χ0n) is 13.1. The third-order valence-corrected chi connectivity index (χ3v) is 5.09. The van der Waals surface area contributed by atoms with Gasteiger partial charge in [0.05, 0.1) is 17.4 Å². The lowest BCUT2D eigenvalue weighted by molar-refractivity contribution is -0.0681. The third-order valence-electron chi connectivity index (χ3n) is 4.42. The zero-order chi connectivity index (χ0) is 17.1. The van der Waals surface area contributed by atoms with E-state index in [1.165, 1.54) is 19.9 Å². The van der Waals surface area contributed by atoms with Crippen LogP contribution >= 0.6 is 15.9 Å². The maximum Gasteiger partial charge on any atom is 0.297 e. The normalized spacial score (nSPS) is 18.3.